The lowest BCUT2D eigenvalue weighted by Crippen LogP contribution is -2.42. The van der Waals surface area contributed by atoms with E-state index in [0.29, 0.717) is 24.4 Å². The zero-order valence-electron chi connectivity index (χ0n) is 15.4. The first kappa shape index (κ1) is 17.8. The minimum atomic E-state index is -0.105. The standard InChI is InChI=1S/C20H28N2O3/c1-14(2)21-18(23)17-12-22(13-20(17)9-4-5-10-20)19(24)15-7-6-8-16(11-15)25-3/h6-8,11,14,17H,4-5,9-10,12-13H2,1-3H3,(H,21,23). The lowest BCUT2D eigenvalue weighted by Gasteiger charge is -2.29. The van der Waals surface area contributed by atoms with E-state index in [1.165, 1.54) is 0 Å². The van der Waals surface area contributed by atoms with Gasteiger partial charge in [-0.1, -0.05) is 18.9 Å². The summed E-state index contributed by atoms with van der Waals surface area (Å²) in [5.74, 6) is 0.657. The summed E-state index contributed by atoms with van der Waals surface area (Å²) in [6.45, 7) is 5.15. The van der Waals surface area contributed by atoms with Crippen LogP contribution in [-0.4, -0.2) is 43.0 Å². The maximum absolute atomic E-state index is 13.0. The van der Waals surface area contributed by atoms with Gasteiger partial charge in [0.2, 0.25) is 5.91 Å². The normalized spacial score (nSPS) is 21.8. The predicted octanol–water partition coefficient (Wildman–Crippen LogP) is 2.85. The Morgan fingerprint density at radius 2 is 2.00 bits per heavy atom. The van der Waals surface area contributed by atoms with E-state index < -0.39 is 0 Å². The molecule has 0 radical (unpaired) electrons. The van der Waals surface area contributed by atoms with Crippen molar-refractivity contribution in [3.63, 3.8) is 0 Å². The van der Waals surface area contributed by atoms with Crippen LogP contribution in [0.3, 0.4) is 0 Å². The van der Waals surface area contributed by atoms with Crippen molar-refractivity contribution in [1.82, 2.24) is 10.2 Å². The van der Waals surface area contributed by atoms with Crippen LogP contribution >= 0.6 is 0 Å². The van der Waals surface area contributed by atoms with Crippen LogP contribution in [0.5, 0.6) is 5.75 Å². The lowest BCUT2D eigenvalue weighted by molar-refractivity contribution is -0.128. The summed E-state index contributed by atoms with van der Waals surface area (Å²) in [5, 5.41) is 3.06. The second-order valence-electron chi connectivity index (χ2n) is 7.70. The van der Waals surface area contributed by atoms with Crippen molar-refractivity contribution in [2.45, 2.75) is 45.6 Å². The molecule has 5 heteroatoms. The molecule has 2 aliphatic rings. The maximum Gasteiger partial charge on any atom is 0.254 e. The molecule has 25 heavy (non-hydrogen) atoms. The molecule has 1 aromatic rings. The summed E-state index contributed by atoms with van der Waals surface area (Å²) in [6, 6.07) is 7.36. The van der Waals surface area contributed by atoms with Crippen LogP contribution in [0.1, 0.15) is 49.9 Å². The SMILES string of the molecule is COc1cccc(C(=O)N2CC(C(=O)NC(C)C)C3(CCCC3)C2)c1. The monoisotopic (exact) mass is 344 g/mol. The Kier molecular flexibility index (Phi) is 5.02. The van der Waals surface area contributed by atoms with Gasteiger partial charge in [0.05, 0.1) is 13.0 Å². The van der Waals surface area contributed by atoms with Crippen LogP contribution in [0.15, 0.2) is 24.3 Å². The molecule has 1 saturated heterocycles. The number of hydrogen-bond acceptors (Lipinski definition) is 3. The van der Waals surface area contributed by atoms with Gasteiger partial charge in [-0.3, -0.25) is 9.59 Å². The Labute approximate surface area is 149 Å². The first-order valence-corrected chi connectivity index (χ1v) is 9.19. The number of rotatable bonds is 4. The van der Waals surface area contributed by atoms with Crippen LogP contribution in [0, 0.1) is 11.3 Å². The molecular weight excluding hydrogens is 316 g/mol. The molecule has 136 valence electrons. The predicted molar refractivity (Wildman–Crippen MR) is 96.6 cm³/mol. The average Bonchev–Trinajstić information content (AvgIpc) is 3.21. The number of amides is 2. The van der Waals surface area contributed by atoms with Gasteiger partial charge in [0, 0.05) is 30.1 Å². The number of nitrogens with one attached hydrogen (secondary N) is 1. The van der Waals surface area contributed by atoms with E-state index >= 15 is 0 Å². The number of nitrogens with zero attached hydrogens (tertiary/aromatic N) is 1. The third kappa shape index (κ3) is 3.51. The molecule has 2 fully saturated rings. The fraction of sp³-hybridized carbons (Fsp3) is 0.600. The second-order valence-corrected chi connectivity index (χ2v) is 7.70. The average molecular weight is 344 g/mol. The Hall–Kier alpha value is -2.04. The molecule has 0 aromatic heterocycles. The van der Waals surface area contributed by atoms with Gasteiger partial charge in [-0.05, 0) is 44.9 Å². The zero-order chi connectivity index (χ0) is 18.0. The van der Waals surface area contributed by atoms with Gasteiger partial charge < -0.3 is 15.0 Å². The Balaban J connectivity index is 1.81. The quantitative estimate of drug-likeness (QED) is 0.914. The highest BCUT2D eigenvalue weighted by molar-refractivity contribution is 5.95. The van der Waals surface area contributed by atoms with E-state index in [1.54, 1.807) is 13.2 Å². The highest BCUT2D eigenvalue weighted by Gasteiger charge is 2.52. The topological polar surface area (TPSA) is 58.6 Å². The minimum Gasteiger partial charge on any atom is -0.497 e. The molecule has 5 nitrogen and oxygen atoms in total. The maximum atomic E-state index is 13.0. The van der Waals surface area contributed by atoms with Crippen molar-refractivity contribution < 1.29 is 14.3 Å². The number of likely N-dealkylation sites (tertiary alicyclic amines) is 1. The molecule has 1 spiro atoms. The van der Waals surface area contributed by atoms with Crippen molar-refractivity contribution in [2.24, 2.45) is 11.3 Å². The van der Waals surface area contributed by atoms with E-state index in [1.807, 2.05) is 36.9 Å². The van der Waals surface area contributed by atoms with E-state index in [0.717, 1.165) is 25.7 Å². The number of ether oxygens (including phenoxy) is 1. The van der Waals surface area contributed by atoms with E-state index in [9.17, 15) is 9.59 Å². The summed E-state index contributed by atoms with van der Waals surface area (Å²) < 4.78 is 5.23. The number of carbonyl (C=O) groups is 2. The van der Waals surface area contributed by atoms with Crippen LogP contribution in [0.25, 0.3) is 0 Å². The molecule has 1 atom stereocenters. The van der Waals surface area contributed by atoms with Gasteiger partial charge in [0.25, 0.3) is 5.91 Å². The molecule has 3 rings (SSSR count). The highest BCUT2D eigenvalue weighted by Crippen LogP contribution is 2.49. The van der Waals surface area contributed by atoms with Gasteiger partial charge in [-0.25, -0.2) is 0 Å². The summed E-state index contributed by atoms with van der Waals surface area (Å²) in [7, 11) is 1.60. The van der Waals surface area contributed by atoms with Crippen molar-refractivity contribution >= 4 is 11.8 Å². The van der Waals surface area contributed by atoms with Gasteiger partial charge >= 0.3 is 0 Å². The highest BCUT2D eigenvalue weighted by atomic mass is 16.5. The first-order chi connectivity index (χ1) is 11.9. The molecule has 1 aliphatic heterocycles. The van der Waals surface area contributed by atoms with Crippen LogP contribution in [0.4, 0.5) is 0 Å². The Morgan fingerprint density at radius 1 is 1.28 bits per heavy atom. The van der Waals surface area contributed by atoms with Crippen molar-refractivity contribution in [3.05, 3.63) is 29.8 Å². The third-order valence-electron chi connectivity index (χ3n) is 5.60. The minimum absolute atomic E-state index is 0.00924. The lowest BCUT2D eigenvalue weighted by atomic mass is 9.76. The molecule has 1 aromatic carbocycles. The Morgan fingerprint density at radius 3 is 2.64 bits per heavy atom. The van der Waals surface area contributed by atoms with Crippen LogP contribution in [-0.2, 0) is 4.79 Å². The van der Waals surface area contributed by atoms with E-state index in [2.05, 4.69) is 5.32 Å². The number of hydrogen-bond donors (Lipinski definition) is 1. The fourth-order valence-electron chi connectivity index (χ4n) is 4.39. The van der Waals surface area contributed by atoms with Crippen molar-refractivity contribution in [3.8, 4) is 5.75 Å². The molecule has 1 N–H and O–H groups in total. The van der Waals surface area contributed by atoms with E-state index in [-0.39, 0.29) is 29.2 Å². The molecule has 1 heterocycles. The summed E-state index contributed by atoms with van der Waals surface area (Å²) in [5.41, 5.74) is 0.574. The first-order valence-electron chi connectivity index (χ1n) is 9.19. The second kappa shape index (κ2) is 7.06. The van der Waals surface area contributed by atoms with Gasteiger partial charge in [-0.15, -0.1) is 0 Å². The molecule has 1 unspecified atom stereocenters. The van der Waals surface area contributed by atoms with Gasteiger partial charge in [0.15, 0.2) is 0 Å². The van der Waals surface area contributed by atoms with E-state index in [4.69, 9.17) is 4.74 Å². The van der Waals surface area contributed by atoms with Crippen molar-refractivity contribution in [1.29, 1.82) is 0 Å². The smallest absolute Gasteiger partial charge is 0.254 e. The summed E-state index contributed by atoms with van der Waals surface area (Å²) in [4.78, 5) is 27.6. The molecule has 0 bridgehead atoms. The van der Waals surface area contributed by atoms with Gasteiger partial charge in [-0.2, -0.15) is 0 Å². The van der Waals surface area contributed by atoms with Crippen molar-refractivity contribution in [2.75, 3.05) is 20.2 Å². The number of benzene rings is 1. The van der Waals surface area contributed by atoms with Crippen LogP contribution in [0.2, 0.25) is 0 Å². The zero-order valence-corrected chi connectivity index (χ0v) is 15.4. The summed E-state index contributed by atoms with van der Waals surface area (Å²) in [6.07, 6.45) is 4.36. The largest absolute Gasteiger partial charge is 0.497 e. The Bertz CT molecular complexity index is 650. The number of carbonyl (C=O) groups excluding carboxylic acids is 2. The molecule has 2 amide bonds. The van der Waals surface area contributed by atoms with Crippen LogP contribution < -0.4 is 10.1 Å². The molecule has 1 aliphatic carbocycles. The summed E-state index contributed by atoms with van der Waals surface area (Å²) >= 11 is 0. The molecule has 1 saturated carbocycles. The third-order valence-corrected chi connectivity index (χ3v) is 5.60. The molecular formula is C20H28N2O3. The van der Waals surface area contributed by atoms with Gasteiger partial charge in [0.1, 0.15) is 5.75 Å². The number of methoxy groups -OCH3 is 1. The fourth-order valence-corrected chi connectivity index (χ4v) is 4.39.